The van der Waals surface area contributed by atoms with Crippen LogP contribution in [-0.4, -0.2) is 36.7 Å². The maximum absolute atomic E-state index is 14.0. The molecule has 4 aromatic carbocycles. The van der Waals surface area contributed by atoms with E-state index in [0.29, 0.717) is 16.0 Å². The molecular weight excluding hydrogens is 586 g/mol. The number of benzene rings is 4. The largest absolute Gasteiger partial charge is 0.348 e. The predicted molar refractivity (Wildman–Crippen MR) is 150 cm³/mol. The normalized spacial score (nSPS) is 11.8. The van der Waals surface area contributed by atoms with Crippen molar-refractivity contribution in [2.75, 3.05) is 10.6 Å². The number of fused-ring (bicyclic) bond motifs is 1. The summed E-state index contributed by atoms with van der Waals surface area (Å²) in [5, 5.41) is 3.12. The monoisotopic (exact) mass is 606 g/mol. The Bertz CT molecular complexity index is 1710. The van der Waals surface area contributed by atoms with E-state index in [1.165, 1.54) is 18.2 Å². The predicted octanol–water partition coefficient (Wildman–Crippen LogP) is 5.22. The fraction of sp³-hybridized carbons (Fsp3) is 0.0769. The van der Waals surface area contributed by atoms with Gasteiger partial charge in [0.15, 0.2) is 6.29 Å². The minimum Gasteiger partial charge on any atom is -0.348 e. The van der Waals surface area contributed by atoms with Crippen molar-refractivity contribution >= 4 is 69.5 Å². The fourth-order valence-corrected chi connectivity index (χ4v) is 7.47. The molecule has 13 heteroatoms. The number of nitrogens with one attached hydrogen (secondary N) is 1. The molecule has 9 nitrogen and oxygen atoms in total. The fourth-order valence-electron chi connectivity index (χ4n) is 4.05. The van der Waals surface area contributed by atoms with Crippen LogP contribution in [0.3, 0.4) is 0 Å². The molecule has 0 aliphatic heterocycles. The maximum Gasteiger partial charge on any atom is 0.345 e. The quantitative estimate of drug-likeness (QED) is 0.175. The Morgan fingerprint density at radius 1 is 0.949 bits per heavy atom. The number of sulfonamides is 1. The van der Waals surface area contributed by atoms with Crippen molar-refractivity contribution in [1.82, 2.24) is 5.32 Å². The van der Waals surface area contributed by atoms with E-state index in [2.05, 4.69) is 5.32 Å². The van der Waals surface area contributed by atoms with E-state index in [9.17, 15) is 32.4 Å². The lowest BCUT2D eigenvalue weighted by atomic mass is 9.98. The molecule has 4 aromatic rings. The summed E-state index contributed by atoms with van der Waals surface area (Å²) in [6, 6.07) is 19.9. The molecule has 202 valence electrons. The Kier molecular flexibility index (Phi) is 8.46. The topological polar surface area (TPSA) is 141 Å². The summed E-state index contributed by atoms with van der Waals surface area (Å²) in [4.78, 5) is 45.2. The number of rotatable bonds is 9. The van der Waals surface area contributed by atoms with Gasteiger partial charge in [-0.05, 0) is 35.2 Å². The van der Waals surface area contributed by atoms with Crippen LogP contribution in [0.5, 0.6) is 0 Å². The van der Waals surface area contributed by atoms with E-state index < -0.39 is 34.7 Å². The van der Waals surface area contributed by atoms with Crippen LogP contribution < -0.4 is 9.62 Å². The molecule has 0 fully saturated rings. The zero-order valence-electron chi connectivity index (χ0n) is 20.0. The van der Waals surface area contributed by atoms with Gasteiger partial charge >= 0.3 is 7.60 Å². The first-order chi connectivity index (χ1) is 18.4. The molecule has 0 saturated carbocycles. The molecule has 1 amide bonds. The van der Waals surface area contributed by atoms with Crippen LogP contribution in [0.25, 0.3) is 10.8 Å². The van der Waals surface area contributed by atoms with Gasteiger partial charge in [0.1, 0.15) is 6.29 Å². The highest BCUT2D eigenvalue weighted by molar-refractivity contribution is 7.93. The van der Waals surface area contributed by atoms with E-state index in [-0.39, 0.29) is 38.8 Å². The van der Waals surface area contributed by atoms with E-state index >= 15 is 0 Å². The zero-order chi connectivity index (χ0) is 28.4. The second-order valence-corrected chi connectivity index (χ2v) is 12.8. The minimum absolute atomic E-state index is 0.0375. The van der Waals surface area contributed by atoms with Crippen molar-refractivity contribution in [3.63, 3.8) is 0 Å². The molecule has 0 saturated heterocycles. The highest BCUT2D eigenvalue weighted by atomic mass is 35.5. The molecule has 4 rings (SSSR count). The van der Waals surface area contributed by atoms with Gasteiger partial charge in [-0.2, -0.15) is 0 Å². The zero-order valence-corrected chi connectivity index (χ0v) is 23.2. The summed E-state index contributed by atoms with van der Waals surface area (Å²) < 4.78 is 40.6. The summed E-state index contributed by atoms with van der Waals surface area (Å²) in [6.07, 6.45) is -0.948. The van der Waals surface area contributed by atoms with Gasteiger partial charge in [0.2, 0.25) is 0 Å². The summed E-state index contributed by atoms with van der Waals surface area (Å²) in [5.74, 6) is -0.822. The summed E-state index contributed by atoms with van der Waals surface area (Å²) in [7, 11) is -9.88. The first-order valence-electron chi connectivity index (χ1n) is 11.3. The van der Waals surface area contributed by atoms with Gasteiger partial charge in [-0.3, -0.25) is 18.5 Å². The highest BCUT2D eigenvalue weighted by Crippen LogP contribution is 2.44. The van der Waals surface area contributed by atoms with Crippen LogP contribution in [0.4, 0.5) is 5.69 Å². The van der Waals surface area contributed by atoms with Crippen molar-refractivity contribution in [3.8, 4) is 0 Å². The molecular formula is C26H21Cl2N2O7PS. The third-order valence-electron chi connectivity index (χ3n) is 5.69. The van der Waals surface area contributed by atoms with Crippen LogP contribution >= 0.6 is 30.8 Å². The molecule has 0 unspecified atom stereocenters. The molecule has 0 bridgehead atoms. The Labute approximate surface area is 234 Å². The van der Waals surface area contributed by atoms with Gasteiger partial charge in [-0.1, -0.05) is 77.8 Å². The summed E-state index contributed by atoms with van der Waals surface area (Å²) >= 11 is 12.1. The van der Waals surface area contributed by atoms with E-state index in [1.54, 1.807) is 48.5 Å². The van der Waals surface area contributed by atoms with Gasteiger partial charge in [0.05, 0.1) is 16.1 Å². The molecule has 3 N–H and O–H groups in total. The van der Waals surface area contributed by atoms with Gasteiger partial charge in [0.25, 0.3) is 15.9 Å². The maximum atomic E-state index is 14.0. The van der Waals surface area contributed by atoms with E-state index in [4.69, 9.17) is 23.2 Å². The van der Waals surface area contributed by atoms with Gasteiger partial charge < -0.3 is 15.1 Å². The summed E-state index contributed by atoms with van der Waals surface area (Å²) in [6.45, 7) is 0.0411. The smallest absolute Gasteiger partial charge is 0.345 e. The van der Waals surface area contributed by atoms with Crippen molar-refractivity contribution in [2.24, 2.45) is 0 Å². The highest BCUT2D eigenvalue weighted by Gasteiger charge is 2.36. The first-order valence-corrected chi connectivity index (χ1v) is 15.3. The number of amides is 1. The third kappa shape index (κ3) is 6.50. The lowest BCUT2D eigenvalue weighted by Crippen LogP contribution is -2.35. The van der Waals surface area contributed by atoms with Crippen molar-refractivity contribution in [2.45, 2.75) is 11.4 Å². The van der Waals surface area contributed by atoms with Crippen molar-refractivity contribution in [1.29, 1.82) is 0 Å². The SMILES string of the molecule is O=Cc1cc2ccccc2c(N(CP(=O)(O)O)S(=O)(=O)c2cc(Cl)cc(Cl)c2)c1C(=O)NCc1ccccc1. The number of anilines is 1. The summed E-state index contributed by atoms with van der Waals surface area (Å²) in [5.41, 5.74) is -0.191. The lowest BCUT2D eigenvalue weighted by Gasteiger charge is -2.29. The van der Waals surface area contributed by atoms with Crippen molar-refractivity contribution < 1.29 is 32.4 Å². The van der Waals surface area contributed by atoms with E-state index in [1.807, 2.05) is 0 Å². The van der Waals surface area contributed by atoms with Crippen molar-refractivity contribution in [3.05, 3.63) is 106 Å². The number of aldehydes is 1. The number of nitrogens with zero attached hydrogens (tertiary/aromatic N) is 1. The molecule has 0 aliphatic carbocycles. The van der Waals surface area contributed by atoms with E-state index in [0.717, 1.165) is 17.7 Å². The molecule has 0 aliphatic rings. The average Bonchev–Trinajstić information content (AvgIpc) is 2.88. The molecule has 39 heavy (non-hydrogen) atoms. The van der Waals surface area contributed by atoms with Crippen LogP contribution in [0, 0.1) is 0 Å². The standard InChI is InChI=1S/C26H21Cl2N2O7PS/c27-20-11-21(28)13-22(12-20)39(36,37)30(16-38(33,34)35)25-23-9-5-4-8-18(23)10-19(15-31)24(25)26(32)29-14-17-6-2-1-3-7-17/h1-13,15H,14,16H2,(H,29,32)(H2,33,34,35). The second-order valence-electron chi connectivity index (χ2n) is 8.46. The number of halogens is 2. The third-order valence-corrected chi connectivity index (χ3v) is 8.69. The Morgan fingerprint density at radius 3 is 2.18 bits per heavy atom. The molecule has 0 radical (unpaired) electrons. The second kappa shape index (κ2) is 11.5. The molecule has 0 heterocycles. The number of carbonyl (C=O) groups is 2. The number of carbonyl (C=O) groups excluding carboxylic acids is 2. The van der Waals surface area contributed by atoms with Gasteiger partial charge in [-0.15, -0.1) is 0 Å². The number of hydrogen-bond acceptors (Lipinski definition) is 5. The molecule has 0 spiro atoms. The van der Waals surface area contributed by atoms with Crippen LogP contribution in [0.2, 0.25) is 10.0 Å². The minimum atomic E-state index is -5.08. The molecule has 0 aromatic heterocycles. The first kappa shape index (κ1) is 28.8. The van der Waals surface area contributed by atoms with Crippen LogP contribution in [0.1, 0.15) is 26.3 Å². The Morgan fingerprint density at radius 2 is 1.56 bits per heavy atom. The van der Waals surface area contributed by atoms with Crippen LogP contribution in [0.15, 0.2) is 83.8 Å². The average molecular weight is 607 g/mol. The van der Waals surface area contributed by atoms with Gasteiger partial charge in [-0.25, -0.2) is 8.42 Å². The van der Waals surface area contributed by atoms with Crippen LogP contribution in [-0.2, 0) is 21.1 Å². The van der Waals surface area contributed by atoms with Gasteiger partial charge in [0, 0.05) is 27.5 Å². The molecule has 0 atom stereocenters. The lowest BCUT2D eigenvalue weighted by molar-refractivity contribution is 0.0946. The Balaban J connectivity index is 2.01. The Hall–Kier alpha value is -3.24. The number of hydrogen-bond donors (Lipinski definition) is 3.